The molecule has 2 heteroatoms. The Labute approximate surface area is 119 Å². The highest BCUT2D eigenvalue weighted by molar-refractivity contribution is 5.25. The normalized spacial score (nSPS) is 14.9. The minimum absolute atomic E-state index is 0.102. The van der Waals surface area contributed by atoms with Gasteiger partial charge in [-0.05, 0) is 43.9 Å². The van der Waals surface area contributed by atoms with Gasteiger partial charge >= 0.3 is 0 Å². The Kier molecular flexibility index (Phi) is 6.53. The van der Waals surface area contributed by atoms with Crippen molar-refractivity contribution >= 4 is 0 Å². The first-order valence-electron chi connectivity index (χ1n) is 7.48. The maximum atomic E-state index is 6.31. The Morgan fingerprint density at radius 1 is 1.11 bits per heavy atom. The zero-order valence-electron chi connectivity index (χ0n) is 13.2. The van der Waals surface area contributed by atoms with Crippen LogP contribution in [-0.2, 0) is 6.42 Å². The van der Waals surface area contributed by atoms with E-state index in [1.165, 1.54) is 17.5 Å². The number of rotatable bonds is 7. The van der Waals surface area contributed by atoms with Crippen molar-refractivity contribution in [1.29, 1.82) is 0 Å². The lowest BCUT2D eigenvalue weighted by molar-refractivity contribution is 0.216. The topological polar surface area (TPSA) is 29.3 Å². The fourth-order valence-electron chi connectivity index (χ4n) is 2.46. The molecule has 0 radical (unpaired) electrons. The summed E-state index contributed by atoms with van der Waals surface area (Å²) in [4.78, 5) is 2.37. The molecule has 0 saturated heterocycles. The molecule has 19 heavy (non-hydrogen) atoms. The third-order valence-corrected chi connectivity index (χ3v) is 3.87. The average molecular weight is 262 g/mol. The van der Waals surface area contributed by atoms with Crippen LogP contribution in [0.25, 0.3) is 0 Å². The molecule has 0 heterocycles. The van der Waals surface area contributed by atoms with E-state index in [2.05, 4.69) is 63.9 Å². The molecule has 1 aromatic carbocycles. The van der Waals surface area contributed by atoms with E-state index < -0.39 is 0 Å². The molecule has 1 rings (SSSR count). The monoisotopic (exact) mass is 262 g/mol. The molecule has 0 amide bonds. The molecule has 1 aromatic rings. The highest BCUT2D eigenvalue weighted by Gasteiger charge is 2.15. The van der Waals surface area contributed by atoms with Crippen LogP contribution >= 0.6 is 0 Å². The average Bonchev–Trinajstić information content (AvgIpc) is 2.37. The van der Waals surface area contributed by atoms with Crippen LogP contribution in [0.5, 0.6) is 0 Å². The summed E-state index contributed by atoms with van der Waals surface area (Å²) in [7, 11) is 2.17. The van der Waals surface area contributed by atoms with Gasteiger partial charge in [0.1, 0.15) is 0 Å². The molecule has 2 nitrogen and oxygen atoms in total. The SMILES string of the molecule is CCc1ccc(C(N)CN(C)C(C)CC(C)C)cc1. The zero-order chi connectivity index (χ0) is 14.4. The second-order valence-electron chi connectivity index (χ2n) is 6.12. The van der Waals surface area contributed by atoms with E-state index in [9.17, 15) is 0 Å². The Morgan fingerprint density at radius 2 is 1.68 bits per heavy atom. The van der Waals surface area contributed by atoms with Crippen molar-refractivity contribution in [2.45, 2.75) is 52.6 Å². The summed E-state index contributed by atoms with van der Waals surface area (Å²) >= 11 is 0. The summed E-state index contributed by atoms with van der Waals surface area (Å²) in [5.74, 6) is 0.734. The maximum Gasteiger partial charge on any atom is 0.0424 e. The number of aryl methyl sites for hydroxylation is 1. The minimum Gasteiger partial charge on any atom is -0.323 e. The molecule has 0 aliphatic heterocycles. The predicted octanol–water partition coefficient (Wildman–Crippen LogP) is 3.62. The van der Waals surface area contributed by atoms with Gasteiger partial charge in [-0.1, -0.05) is 45.0 Å². The number of likely N-dealkylation sites (N-methyl/N-ethyl adjacent to an activating group) is 1. The first kappa shape index (κ1) is 16.2. The second-order valence-corrected chi connectivity index (χ2v) is 6.12. The smallest absolute Gasteiger partial charge is 0.0424 e. The lowest BCUT2D eigenvalue weighted by Crippen LogP contribution is -2.36. The van der Waals surface area contributed by atoms with Crippen molar-refractivity contribution < 1.29 is 0 Å². The molecule has 2 unspecified atom stereocenters. The van der Waals surface area contributed by atoms with E-state index in [4.69, 9.17) is 5.73 Å². The quantitative estimate of drug-likeness (QED) is 0.813. The van der Waals surface area contributed by atoms with Gasteiger partial charge in [0.05, 0.1) is 0 Å². The lowest BCUT2D eigenvalue weighted by Gasteiger charge is -2.28. The first-order chi connectivity index (χ1) is 8.93. The summed E-state index contributed by atoms with van der Waals surface area (Å²) in [6.07, 6.45) is 2.30. The molecule has 0 aliphatic rings. The van der Waals surface area contributed by atoms with E-state index in [1.807, 2.05) is 0 Å². The van der Waals surface area contributed by atoms with Gasteiger partial charge in [-0.15, -0.1) is 0 Å². The Balaban J connectivity index is 2.55. The van der Waals surface area contributed by atoms with E-state index in [0.717, 1.165) is 18.9 Å². The first-order valence-corrected chi connectivity index (χ1v) is 7.48. The third kappa shape index (κ3) is 5.33. The molecule has 0 saturated carbocycles. The van der Waals surface area contributed by atoms with Crippen molar-refractivity contribution in [2.75, 3.05) is 13.6 Å². The molecule has 0 fully saturated rings. The van der Waals surface area contributed by atoms with Crippen LogP contribution in [0, 0.1) is 5.92 Å². The van der Waals surface area contributed by atoms with Crippen LogP contribution in [0.15, 0.2) is 24.3 Å². The number of benzene rings is 1. The largest absolute Gasteiger partial charge is 0.323 e. The lowest BCUT2D eigenvalue weighted by atomic mass is 10.0. The van der Waals surface area contributed by atoms with Crippen molar-refractivity contribution in [3.8, 4) is 0 Å². The molecule has 0 aromatic heterocycles. The standard InChI is InChI=1S/C17H30N2/c1-6-15-7-9-16(10-8-15)17(18)12-19(5)14(4)11-13(2)3/h7-10,13-14,17H,6,11-12,18H2,1-5H3. The summed E-state index contributed by atoms with van der Waals surface area (Å²) in [5, 5.41) is 0. The van der Waals surface area contributed by atoms with Gasteiger partial charge in [0.2, 0.25) is 0 Å². The van der Waals surface area contributed by atoms with Crippen molar-refractivity contribution in [3.63, 3.8) is 0 Å². The number of hydrogen-bond donors (Lipinski definition) is 1. The molecule has 2 atom stereocenters. The molecular formula is C17H30N2. The molecule has 0 bridgehead atoms. The Morgan fingerprint density at radius 3 is 2.16 bits per heavy atom. The molecule has 0 aliphatic carbocycles. The van der Waals surface area contributed by atoms with Crippen LogP contribution in [0.2, 0.25) is 0 Å². The van der Waals surface area contributed by atoms with Crippen molar-refractivity contribution in [3.05, 3.63) is 35.4 Å². The summed E-state index contributed by atoms with van der Waals surface area (Å²) in [6.45, 7) is 9.92. The Hall–Kier alpha value is -0.860. The number of hydrogen-bond acceptors (Lipinski definition) is 2. The highest BCUT2D eigenvalue weighted by Crippen LogP contribution is 2.16. The second kappa shape index (κ2) is 7.66. The molecular weight excluding hydrogens is 232 g/mol. The van der Waals surface area contributed by atoms with E-state index in [1.54, 1.807) is 0 Å². The Bertz CT molecular complexity index is 356. The molecule has 108 valence electrons. The van der Waals surface area contributed by atoms with Gasteiger partial charge in [0.15, 0.2) is 0 Å². The summed E-state index contributed by atoms with van der Waals surface area (Å²) in [5.41, 5.74) is 8.92. The third-order valence-electron chi connectivity index (χ3n) is 3.87. The van der Waals surface area contributed by atoms with Gasteiger partial charge in [-0.3, -0.25) is 0 Å². The van der Waals surface area contributed by atoms with E-state index >= 15 is 0 Å². The van der Waals surface area contributed by atoms with Gasteiger partial charge in [0.25, 0.3) is 0 Å². The predicted molar refractivity (Wildman–Crippen MR) is 84.3 cm³/mol. The highest BCUT2D eigenvalue weighted by atomic mass is 15.1. The maximum absolute atomic E-state index is 6.31. The fourth-order valence-corrected chi connectivity index (χ4v) is 2.46. The van der Waals surface area contributed by atoms with Crippen LogP contribution < -0.4 is 5.73 Å². The van der Waals surface area contributed by atoms with Gasteiger partial charge < -0.3 is 10.6 Å². The van der Waals surface area contributed by atoms with E-state index in [-0.39, 0.29) is 6.04 Å². The van der Waals surface area contributed by atoms with Crippen LogP contribution in [0.3, 0.4) is 0 Å². The van der Waals surface area contributed by atoms with Gasteiger partial charge in [0, 0.05) is 18.6 Å². The van der Waals surface area contributed by atoms with Gasteiger partial charge in [-0.25, -0.2) is 0 Å². The zero-order valence-corrected chi connectivity index (χ0v) is 13.2. The number of nitrogens with zero attached hydrogens (tertiary/aromatic N) is 1. The van der Waals surface area contributed by atoms with Crippen molar-refractivity contribution in [1.82, 2.24) is 4.90 Å². The fraction of sp³-hybridized carbons (Fsp3) is 0.647. The molecule has 0 spiro atoms. The van der Waals surface area contributed by atoms with Crippen LogP contribution in [0.4, 0.5) is 0 Å². The summed E-state index contributed by atoms with van der Waals surface area (Å²) in [6, 6.07) is 9.40. The van der Waals surface area contributed by atoms with Crippen molar-refractivity contribution in [2.24, 2.45) is 11.7 Å². The minimum atomic E-state index is 0.102. The van der Waals surface area contributed by atoms with Crippen LogP contribution in [0.1, 0.15) is 51.3 Å². The van der Waals surface area contributed by atoms with Gasteiger partial charge in [-0.2, -0.15) is 0 Å². The van der Waals surface area contributed by atoms with Crippen LogP contribution in [-0.4, -0.2) is 24.5 Å². The summed E-state index contributed by atoms with van der Waals surface area (Å²) < 4.78 is 0. The van der Waals surface area contributed by atoms with E-state index in [0.29, 0.717) is 6.04 Å². The number of nitrogens with two attached hydrogens (primary N) is 1. The molecule has 2 N–H and O–H groups in total.